The molecule has 3 aromatic heterocycles. The van der Waals surface area contributed by atoms with E-state index in [1.807, 2.05) is 36.1 Å². The molecule has 1 aliphatic rings. The van der Waals surface area contributed by atoms with Crippen molar-refractivity contribution in [3.05, 3.63) is 64.0 Å². The molecule has 1 aliphatic heterocycles. The highest BCUT2D eigenvalue weighted by Gasteiger charge is 2.29. The van der Waals surface area contributed by atoms with Gasteiger partial charge in [0, 0.05) is 36.3 Å². The predicted molar refractivity (Wildman–Crippen MR) is 101 cm³/mol. The van der Waals surface area contributed by atoms with E-state index in [1.54, 1.807) is 12.3 Å². The molecule has 0 radical (unpaired) electrons. The molecule has 0 unspecified atom stereocenters. The fraction of sp³-hybridized carbons (Fsp3) is 0.400. The van der Waals surface area contributed by atoms with Crippen molar-refractivity contribution in [3.63, 3.8) is 0 Å². The van der Waals surface area contributed by atoms with Gasteiger partial charge in [-0.1, -0.05) is 13.0 Å². The lowest BCUT2D eigenvalue weighted by Crippen LogP contribution is -2.39. The predicted octanol–water partition coefficient (Wildman–Crippen LogP) is 2.28. The number of carbonyl (C=O) groups excluding carboxylic acids is 1. The van der Waals surface area contributed by atoms with Gasteiger partial charge in [0.15, 0.2) is 5.65 Å². The summed E-state index contributed by atoms with van der Waals surface area (Å²) in [5.41, 5.74) is 2.90. The number of amides is 1. The first-order valence-corrected chi connectivity index (χ1v) is 9.46. The van der Waals surface area contributed by atoms with Crippen molar-refractivity contribution in [2.75, 3.05) is 6.54 Å². The van der Waals surface area contributed by atoms with Crippen LogP contribution in [0.2, 0.25) is 0 Å². The molecule has 7 nitrogen and oxygen atoms in total. The maximum Gasteiger partial charge on any atom is 0.272 e. The Bertz CT molecular complexity index is 1010. The zero-order chi connectivity index (χ0) is 18.8. The highest BCUT2D eigenvalue weighted by atomic mass is 16.2. The number of fused-ring (bicyclic) bond motifs is 1. The average molecular weight is 365 g/mol. The molecule has 3 aromatic rings. The molecule has 0 saturated carbocycles. The molecule has 1 amide bonds. The van der Waals surface area contributed by atoms with Gasteiger partial charge in [0.1, 0.15) is 0 Å². The molecule has 1 atom stereocenters. The molecule has 4 rings (SSSR count). The Morgan fingerprint density at radius 1 is 1.26 bits per heavy atom. The Kier molecular flexibility index (Phi) is 4.75. The summed E-state index contributed by atoms with van der Waals surface area (Å²) in [7, 11) is 0. The van der Waals surface area contributed by atoms with Crippen LogP contribution in [0.4, 0.5) is 0 Å². The van der Waals surface area contributed by atoms with Gasteiger partial charge in [-0.2, -0.15) is 0 Å². The van der Waals surface area contributed by atoms with E-state index in [1.165, 1.54) is 4.52 Å². The number of aryl methyl sites for hydroxylation is 1. The van der Waals surface area contributed by atoms with Crippen LogP contribution in [0.3, 0.4) is 0 Å². The van der Waals surface area contributed by atoms with Crippen molar-refractivity contribution in [3.8, 4) is 0 Å². The Labute approximate surface area is 157 Å². The molecule has 140 valence electrons. The van der Waals surface area contributed by atoms with E-state index in [4.69, 9.17) is 0 Å². The molecule has 0 spiro atoms. The quantitative estimate of drug-likeness (QED) is 0.769. The monoisotopic (exact) mass is 365 g/mol. The number of nitrogens with zero attached hydrogens (tertiary/aromatic N) is 4. The van der Waals surface area contributed by atoms with E-state index in [-0.39, 0.29) is 23.9 Å². The lowest BCUT2D eigenvalue weighted by molar-refractivity contribution is -0.134. The van der Waals surface area contributed by atoms with Gasteiger partial charge in [-0.05, 0) is 37.8 Å². The van der Waals surface area contributed by atoms with Gasteiger partial charge in [-0.15, -0.1) is 0 Å². The minimum atomic E-state index is -0.120. The van der Waals surface area contributed by atoms with Crippen molar-refractivity contribution in [2.24, 2.45) is 0 Å². The van der Waals surface area contributed by atoms with Crippen LogP contribution in [-0.4, -0.2) is 36.9 Å². The standard InChI is InChI=1S/C20H23N5O2/c1-2-14-11-20(27)25-18(22-14)13-16(23-25)17-8-4-6-10-24(17)19(26)12-15-7-3-5-9-21-15/h3,5,7,9,11,13,17,23H,2,4,6,8,10,12H2,1H3/t17-/m1/s1. The zero-order valence-electron chi connectivity index (χ0n) is 15.4. The first-order chi connectivity index (χ1) is 13.2. The van der Waals surface area contributed by atoms with Gasteiger partial charge >= 0.3 is 0 Å². The van der Waals surface area contributed by atoms with E-state index in [2.05, 4.69) is 15.1 Å². The van der Waals surface area contributed by atoms with Crippen LogP contribution in [0, 0.1) is 0 Å². The molecular formula is C20H23N5O2. The first kappa shape index (κ1) is 17.5. The van der Waals surface area contributed by atoms with Crippen molar-refractivity contribution in [1.29, 1.82) is 0 Å². The lowest BCUT2D eigenvalue weighted by atomic mass is 9.98. The molecule has 0 bridgehead atoms. The molecule has 0 aliphatic carbocycles. The third-order valence-corrected chi connectivity index (χ3v) is 5.13. The summed E-state index contributed by atoms with van der Waals surface area (Å²) < 4.78 is 1.46. The number of hydrogen-bond donors (Lipinski definition) is 1. The van der Waals surface area contributed by atoms with E-state index < -0.39 is 0 Å². The largest absolute Gasteiger partial charge is 0.334 e. The minimum absolute atomic E-state index is 0.0617. The van der Waals surface area contributed by atoms with Gasteiger partial charge in [0.2, 0.25) is 5.91 Å². The molecule has 0 aromatic carbocycles. The SMILES string of the molecule is CCc1cc(=O)n2[nH]c([C@H]3CCCCN3C(=O)Cc3ccccn3)cc2n1. The van der Waals surface area contributed by atoms with Crippen molar-refractivity contribution >= 4 is 11.6 Å². The maximum atomic E-state index is 12.9. The third kappa shape index (κ3) is 3.49. The van der Waals surface area contributed by atoms with Crippen LogP contribution < -0.4 is 5.56 Å². The second-order valence-electron chi connectivity index (χ2n) is 6.94. The summed E-state index contributed by atoms with van der Waals surface area (Å²) in [6.07, 6.45) is 5.62. The summed E-state index contributed by atoms with van der Waals surface area (Å²) in [5, 5.41) is 3.17. The van der Waals surface area contributed by atoms with Crippen LogP contribution in [0.5, 0.6) is 0 Å². The summed E-state index contributed by atoms with van der Waals surface area (Å²) in [6.45, 7) is 2.69. The van der Waals surface area contributed by atoms with E-state index in [9.17, 15) is 9.59 Å². The first-order valence-electron chi connectivity index (χ1n) is 9.46. The Balaban J connectivity index is 1.64. The molecule has 4 heterocycles. The Morgan fingerprint density at radius 2 is 2.15 bits per heavy atom. The number of nitrogens with one attached hydrogen (secondary N) is 1. The van der Waals surface area contributed by atoms with Gasteiger partial charge in [-0.25, -0.2) is 9.50 Å². The third-order valence-electron chi connectivity index (χ3n) is 5.13. The van der Waals surface area contributed by atoms with Crippen molar-refractivity contribution < 1.29 is 4.79 Å². The van der Waals surface area contributed by atoms with E-state index in [0.29, 0.717) is 18.6 Å². The second-order valence-corrected chi connectivity index (χ2v) is 6.94. The molecule has 1 saturated heterocycles. The smallest absolute Gasteiger partial charge is 0.272 e. The van der Waals surface area contributed by atoms with Gasteiger partial charge < -0.3 is 4.90 Å². The van der Waals surface area contributed by atoms with Crippen LogP contribution in [0.25, 0.3) is 5.65 Å². The number of piperidine rings is 1. The Morgan fingerprint density at radius 3 is 2.93 bits per heavy atom. The fourth-order valence-corrected chi connectivity index (χ4v) is 3.72. The lowest BCUT2D eigenvalue weighted by Gasteiger charge is -2.35. The van der Waals surface area contributed by atoms with Crippen molar-refractivity contribution in [2.45, 2.75) is 45.1 Å². The van der Waals surface area contributed by atoms with Crippen LogP contribution >= 0.6 is 0 Å². The molecule has 27 heavy (non-hydrogen) atoms. The number of likely N-dealkylation sites (tertiary alicyclic amines) is 1. The number of carbonyl (C=O) groups is 1. The number of aromatic amines is 1. The number of pyridine rings is 1. The van der Waals surface area contributed by atoms with Gasteiger partial charge in [0.05, 0.1) is 18.2 Å². The van der Waals surface area contributed by atoms with E-state index in [0.717, 1.165) is 36.3 Å². The minimum Gasteiger partial charge on any atom is -0.334 e. The normalized spacial score (nSPS) is 17.4. The Hall–Kier alpha value is -2.96. The molecule has 1 N–H and O–H groups in total. The average Bonchev–Trinajstić information content (AvgIpc) is 3.13. The van der Waals surface area contributed by atoms with Crippen LogP contribution in [0.15, 0.2) is 41.3 Å². The number of hydrogen-bond acceptors (Lipinski definition) is 4. The number of H-pyrrole nitrogens is 1. The summed E-state index contributed by atoms with van der Waals surface area (Å²) in [4.78, 5) is 35.9. The molecular weight excluding hydrogens is 342 g/mol. The highest BCUT2D eigenvalue weighted by molar-refractivity contribution is 5.79. The van der Waals surface area contributed by atoms with Gasteiger partial charge in [-0.3, -0.25) is 19.7 Å². The van der Waals surface area contributed by atoms with Crippen LogP contribution in [0.1, 0.15) is 49.3 Å². The molecule has 1 fully saturated rings. The summed E-state index contributed by atoms with van der Waals surface area (Å²) in [5.74, 6) is 0.0617. The topological polar surface area (TPSA) is 83.4 Å². The molecule has 7 heteroatoms. The van der Waals surface area contributed by atoms with Crippen molar-refractivity contribution in [1.82, 2.24) is 24.5 Å². The number of rotatable bonds is 4. The zero-order valence-corrected chi connectivity index (χ0v) is 15.4. The summed E-state index contributed by atoms with van der Waals surface area (Å²) in [6, 6.07) is 8.99. The van der Waals surface area contributed by atoms with Crippen LogP contribution in [-0.2, 0) is 17.6 Å². The summed E-state index contributed by atoms with van der Waals surface area (Å²) >= 11 is 0. The maximum absolute atomic E-state index is 12.9. The second kappa shape index (κ2) is 7.34. The van der Waals surface area contributed by atoms with Gasteiger partial charge in [0.25, 0.3) is 5.56 Å². The van der Waals surface area contributed by atoms with E-state index >= 15 is 0 Å². The number of aromatic nitrogens is 4. The fourth-order valence-electron chi connectivity index (χ4n) is 3.72. The highest BCUT2D eigenvalue weighted by Crippen LogP contribution is 2.30.